The van der Waals surface area contributed by atoms with Crippen molar-refractivity contribution >= 4 is 6.09 Å². The maximum atomic E-state index is 12.5. The molecule has 1 aliphatic heterocycles. The summed E-state index contributed by atoms with van der Waals surface area (Å²) in [4.78, 5) is 17.0. The van der Waals surface area contributed by atoms with Crippen LogP contribution in [0.5, 0.6) is 0 Å². The van der Waals surface area contributed by atoms with E-state index in [1.165, 1.54) is 63.7 Å². The second kappa shape index (κ2) is 16.1. The van der Waals surface area contributed by atoms with Gasteiger partial charge < -0.3 is 14.5 Å². The molecule has 4 nitrogen and oxygen atoms in total. The summed E-state index contributed by atoms with van der Waals surface area (Å²) in [5.74, 6) is 1.60. The summed E-state index contributed by atoms with van der Waals surface area (Å²) < 4.78 is 5.54. The van der Waals surface area contributed by atoms with Gasteiger partial charge in [0.25, 0.3) is 0 Å². The van der Waals surface area contributed by atoms with Crippen molar-refractivity contribution in [1.29, 1.82) is 0 Å². The third kappa shape index (κ3) is 10.2. The monoisotopic (exact) mass is 526 g/mol. The summed E-state index contributed by atoms with van der Waals surface area (Å²) in [5.41, 5.74) is 2.51. The van der Waals surface area contributed by atoms with Crippen molar-refractivity contribution in [2.24, 2.45) is 11.8 Å². The lowest BCUT2D eigenvalue weighted by atomic mass is 9.90. The Labute approximate surface area is 236 Å². The van der Waals surface area contributed by atoms with E-state index >= 15 is 0 Å². The highest BCUT2D eigenvalue weighted by molar-refractivity contribution is 5.67. The number of nitrogens with zero attached hydrogens (tertiary/aromatic N) is 2. The molecule has 1 amide bonds. The van der Waals surface area contributed by atoms with Crippen molar-refractivity contribution in [3.63, 3.8) is 0 Å². The fraction of sp³-hybridized carbons (Fsp3) is 0.457. The molecular weight excluding hydrogens is 480 g/mol. The molecule has 1 saturated carbocycles. The number of aryl methyl sites for hydroxylation is 1. The predicted octanol–water partition coefficient (Wildman–Crippen LogP) is 7.85. The van der Waals surface area contributed by atoms with E-state index in [0.717, 1.165) is 24.3 Å². The molecule has 1 aliphatic carbocycles. The predicted molar refractivity (Wildman–Crippen MR) is 161 cm³/mol. The first-order valence-corrected chi connectivity index (χ1v) is 14.9. The second-order valence-electron chi connectivity index (χ2n) is 11.3. The van der Waals surface area contributed by atoms with E-state index in [1.54, 1.807) is 0 Å². The minimum Gasteiger partial charge on any atom is -0.445 e. The Bertz CT molecular complexity index is 1030. The van der Waals surface area contributed by atoms with Gasteiger partial charge in [-0.3, -0.25) is 0 Å². The molecular formula is C35H46N2O2. The Morgan fingerprint density at radius 1 is 0.769 bits per heavy atom. The van der Waals surface area contributed by atoms with E-state index in [4.69, 9.17) is 4.74 Å². The van der Waals surface area contributed by atoms with Gasteiger partial charge >= 0.3 is 6.09 Å². The lowest BCUT2D eigenvalue weighted by Gasteiger charge is -2.33. The number of carbonyl (C=O) groups excluding carboxylic acids is 1. The molecule has 208 valence electrons. The molecule has 0 radical (unpaired) electrons. The molecule has 0 aromatic heterocycles. The normalized spacial score (nSPS) is 19.6. The van der Waals surface area contributed by atoms with Gasteiger partial charge in [-0.15, -0.1) is 0 Å². The molecule has 39 heavy (non-hydrogen) atoms. The fourth-order valence-electron chi connectivity index (χ4n) is 5.98. The molecule has 2 fully saturated rings. The molecule has 3 aromatic carbocycles. The molecule has 2 unspecified atom stereocenters. The zero-order chi connectivity index (χ0) is 27.1. The van der Waals surface area contributed by atoms with Gasteiger partial charge in [0.1, 0.15) is 6.61 Å². The number of ether oxygens (including phenoxy) is 1. The summed E-state index contributed by atoms with van der Waals surface area (Å²) in [6.45, 7) is 4.03. The van der Waals surface area contributed by atoms with Gasteiger partial charge in [0, 0.05) is 19.6 Å². The first-order valence-electron chi connectivity index (χ1n) is 14.9. The molecule has 0 bridgehead atoms. The van der Waals surface area contributed by atoms with Crippen molar-refractivity contribution in [3.8, 4) is 0 Å². The van der Waals surface area contributed by atoms with Crippen LogP contribution in [0.2, 0.25) is 0 Å². The molecule has 3 aromatic rings. The Balaban J connectivity index is 0.000000519. The van der Waals surface area contributed by atoms with E-state index in [-0.39, 0.29) is 6.09 Å². The quantitative estimate of drug-likeness (QED) is 0.285. The Morgan fingerprint density at radius 2 is 1.33 bits per heavy atom. The van der Waals surface area contributed by atoms with Gasteiger partial charge in [0.2, 0.25) is 0 Å². The topological polar surface area (TPSA) is 32.8 Å². The van der Waals surface area contributed by atoms with Crippen LogP contribution in [-0.2, 0) is 17.8 Å². The molecule has 0 spiro atoms. The van der Waals surface area contributed by atoms with Crippen molar-refractivity contribution in [2.75, 3.05) is 26.7 Å². The maximum absolute atomic E-state index is 12.5. The zero-order valence-corrected chi connectivity index (χ0v) is 23.7. The summed E-state index contributed by atoms with van der Waals surface area (Å²) in [6.07, 6.45) is 9.80. The molecule has 0 N–H and O–H groups in total. The smallest absolute Gasteiger partial charge is 0.410 e. The summed E-state index contributed by atoms with van der Waals surface area (Å²) in [7, 11) is 1.90. The average molecular weight is 527 g/mol. The standard InChI is InChI=1S/C29H40N2O2.C6H6/c1-30(29(32)33-23-26-11-6-3-7-12-26)28-16-15-27(21-28)22-31-19-17-25(18-20-31)14-8-13-24-9-4-2-5-10-24;1-2-4-6-5-3-1/h2-7,9-12,25,27-28H,8,13-23H2,1H3;1-6H. The van der Waals surface area contributed by atoms with Crippen molar-refractivity contribution in [3.05, 3.63) is 108 Å². The van der Waals surface area contributed by atoms with Crippen LogP contribution in [0.3, 0.4) is 0 Å². The van der Waals surface area contributed by atoms with Crippen LogP contribution in [0, 0.1) is 11.8 Å². The van der Waals surface area contributed by atoms with Crippen molar-refractivity contribution in [1.82, 2.24) is 9.80 Å². The number of amides is 1. The summed E-state index contributed by atoms with van der Waals surface area (Å²) in [5, 5.41) is 0. The maximum Gasteiger partial charge on any atom is 0.410 e. The van der Waals surface area contributed by atoms with Crippen LogP contribution in [0.25, 0.3) is 0 Å². The van der Waals surface area contributed by atoms with E-state index in [2.05, 4.69) is 35.2 Å². The number of carbonyl (C=O) groups is 1. The number of rotatable bonds is 9. The minimum absolute atomic E-state index is 0.194. The highest BCUT2D eigenvalue weighted by Gasteiger charge is 2.32. The van der Waals surface area contributed by atoms with Crippen LogP contribution in [0.1, 0.15) is 56.1 Å². The highest BCUT2D eigenvalue weighted by Crippen LogP contribution is 2.31. The molecule has 2 aliphatic rings. The molecule has 5 rings (SSSR count). The van der Waals surface area contributed by atoms with Crippen LogP contribution < -0.4 is 0 Å². The van der Waals surface area contributed by atoms with E-state index in [0.29, 0.717) is 18.6 Å². The van der Waals surface area contributed by atoms with Crippen LogP contribution in [0.4, 0.5) is 4.79 Å². The first-order chi connectivity index (χ1) is 19.2. The lowest BCUT2D eigenvalue weighted by molar-refractivity contribution is 0.0901. The number of hydrogen-bond donors (Lipinski definition) is 0. The largest absolute Gasteiger partial charge is 0.445 e. The van der Waals surface area contributed by atoms with Gasteiger partial charge in [-0.2, -0.15) is 0 Å². The van der Waals surface area contributed by atoms with Crippen LogP contribution in [-0.4, -0.2) is 48.6 Å². The Morgan fingerprint density at radius 3 is 1.95 bits per heavy atom. The van der Waals surface area contributed by atoms with Gasteiger partial charge in [-0.1, -0.05) is 103 Å². The number of likely N-dealkylation sites (tertiary alicyclic amines) is 1. The third-order valence-electron chi connectivity index (χ3n) is 8.37. The molecule has 4 heteroatoms. The van der Waals surface area contributed by atoms with Crippen molar-refractivity contribution < 1.29 is 9.53 Å². The molecule has 2 atom stereocenters. The highest BCUT2D eigenvalue weighted by atomic mass is 16.6. The number of benzene rings is 3. The summed E-state index contributed by atoms with van der Waals surface area (Å²) >= 11 is 0. The summed E-state index contributed by atoms with van der Waals surface area (Å²) in [6, 6.07) is 33.1. The first kappa shape index (κ1) is 28.9. The third-order valence-corrected chi connectivity index (χ3v) is 8.37. The minimum atomic E-state index is -0.194. The van der Waals surface area contributed by atoms with Gasteiger partial charge in [-0.05, 0) is 81.0 Å². The Kier molecular flexibility index (Phi) is 11.9. The average Bonchev–Trinajstić information content (AvgIpc) is 3.47. The van der Waals surface area contributed by atoms with Crippen LogP contribution >= 0.6 is 0 Å². The molecule has 1 saturated heterocycles. The number of hydrogen-bond acceptors (Lipinski definition) is 3. The van der Waals surface area contributed by atoms with E-state index in [9.17, 15) is 4.79 Å². The van der Waals surface area contributed by atoms with E-state index < -0.39 is 0 Å². The van der Waals surface area contributed by atoms with Crippen molar-refractivity contribution in [2.45, 2.75) is 64.0 Å². The van der Waals surface area contributed by atoms with Gasteiger partial charge in [-0.25, -0.2) is 4.79 Å². The van der Waals surface area contributed by atoms with Gasteiger partial charge in [0.15, 0.2) is 0 Å². The zero-order valence-electron chi connectivity index (χ0n) is 23.7. The second-order valence-corrected chi connectivity index (χ2v) is 11.3. The number of piperidine rings is 1. The SMILES string of the molecule is CN(C(=O)OCc1ccccc1)C1CCC(CN2CCC(CCCc3ccccc3)CC2)C1.c1ccccc1. The molecule has 1 heterocycles. The van der Waals surface area contributed by atoms with E-state index in [1.807, 2.05) is 78.7 Å². The fourth-order valence-corrected chi connectivity index (χ4v) is 5.98. The Hall–Kier alpha value is -3.11. The van der Waals surface area contributed by atoms with Gasteiger partial charge in [0.05, 0.1) is 0 Å². The lowest BCUT2D eigenvalue weighted by Crippen LogP contribution is -2.38. The van der Waals surface area contributed by atoms with Crippen LogP contribution in [0.15, 0.2) is 97.1 Å².